The summed E-state index contributed by atoms with van der Waals surface area (Å²) in [6.45, 7) is 1.95. The molecular weight excluding hydrogens is 254 g/mol. The molecule has 14 heavy (non-hydrogen) atoms. The number of rotatable bonds is 2. The molecule has 1 aromatic heterocycles. The highest BCUT2D eigenvalue weighted by molar-refractivity contribution is 6.66. The molecule has 1 rings (SSSR count). The molecule has 0 saturated carbocycles. The number of nitrogens with zero attached hydrogens (tertiary/aromatic N) is 4. The second-order valence-corrected chi connectivity index (χ2v) is 4.61. The van der Waals surface area contributed by atoms with Gasteiger partial charge in [0.15, 0.2) is 0 Å². The Labute approximate surface area is 93.9 Å². The molecule has 6 nitrogen and oxygen atoms in total. The summed E-state index contributed by atoms with van der Waals surface area (Å²) >= 11 is 16.5. The zero-order chi connectivity index (χ0) is 10.9. The van der Waals surface area contributed by atoms with Gasteiger partial charge in [-0.25, -0.2) is 0 Å². The molecule has 0 N–H and O–H groups in total. The number of halogens is 3. The van der Waals surface area contributed by atoms with Gasteiger partial charge >= 0.3 is 5.82 Å². The van der Waals surface area contributed by atoms with Crippen LogP contribution in [0.5, 0.6) is 0 Å². The van der Waals surface area contributed by atoms with Gasteiger partial charge in [-0.3, -0.25) is 0 Å². The lowest BCUT2D eigenvalue weighted by Gasteiger charge is -2.05. The fourth-order valence-electron chi connectivity index (χ4n) is 0.885. The SMILES string of the molecule is CCn1nnc(C(Cl)(Cl)Cl)c1[N+](=O)[O-]. The van der Waals surface area contributed by atoms with Gasteiger partial charge in [0, 0.05) is 5.21 Å². The Kier molecular flexibility index (Phi) is 3.18. The van der Waals surface area contributed by atoms with Crippen molar-refractivity contribution in [3.8, 4) is 0 Å². The number of nitro groups is 1. The lowest BCUT2D eigenvalue weighted by molar-refractivity contribution is -0.393. The molecule has 78 valence electrons. The van der Waals surface area contributed by atoms with Crippen LogP contribution >= 0.6 is 34.8 Å². The third-order valence-corrected chi connectivity index (χ3v) is 1.99. The van der Waals surface area contributed by atoms with Crippen molar-refractivity contribution in [1.29, 1.82) is 0 Å². The van der Waals surface area contributed by atoms with Gasteiger partial charge in [-0.2, -0.15) is 0 Å². The number of aromatic nitrogens is 3. The molecule has 0 atom stereocenters. The Bertz CT molecular complexity index is 358. The molecule has 0 aliphatic heterocycles. The molecule has 1 heterocycles. The van der Waals surface area contributed by atoms with Gasteiger partial charge in [0.1, 0.15) is 6.54 Å². The zero-order valence-corrected chi connectivity index (χ0v) is 9.21. The molecule has 0 radical (unpaired) electrons. The molecule has 0 spiro atoms. The summed E-state index contributed by atoms with van der Waals surface area (Å²) in [7, 11) is 0. The summed E-state index contributed by atoms with van der Waals surface area (Å²) in [5, 5.41) is 17.6. The standard InChI is InChI=1S/C5H5Cl3N4O2/c1-2-11-4(12(13)14)3(9-10-11)5(6,7)8/h2H2,1H3. The third-order valence-electron chi connectivity index (χ3n) is 1.45. The van der Waals surface area contributed by atoms with Crippen molar-refractivity contribution in [3.05, 3.63) is 15.8 Å². The number of hydrogen-bond donors (Lipinski definition) is 0. The van der Waals surface area contributed by atoms with Gasteiger partial charge in [0.25, 0.3) is 0 Å². The summed E-state index contributed by atoms with van der Waals surface area (Å²) in [6.07, 6.45) is 0. The minimum absolute atomic E-state index is 0.269. The minimum Gasteiger partial charge on any atom is -0.358 e. The largest absolute Gasteiger partial charge is 0.372 e. The predicted octanol–water partition coefficient (Wildman–Crippen LogP) is 2.03. The van der Waals surface area contributed by atoms with Gasteiger partial charge in [0.05, 0.1) is 0 Å². The summed E-state index contributed by atoms with van der Waals surface area (Å²) < 4.78 is -0.882. The molecule has 1 aromatic rings. The lowest BCUT2D eigenvalue weighted by atomic mass is 10.5. The monoisotopic (exact) mass is 258 g/mol. The van der Waals surface area contributed by atoms with E-state index in [4.69, 9.17) is 34.8 Å². The molecule has 0 unspecified atom stereocenters. The first-order valence-corrected chi connectivity index (χ1v) is 4.66. The average molecular weight is 259 g/mol. The van der Waals surface area contributed by atoms with Crippen molar-refractivity contribution < 1.29 is 4.92 Å². The molecule has 9 heteroatoms. The van der Waals surface area contributed by atoms with E-state index in [2.05, 4.69) is 10.3 Å². The highest BCUT2D eigenvalue weighted by Crippen LogP contribution is 2.41. The van der Waals surface area contributed by atoms with Crippen LogP contribution in [0, 0.1) is 10.1 Å². The molecule has 0 fully saturated rings. The quantitative estimate of drug-likeness (QED) is 0.463. The van der Waals surface area contributed by atoms with Gasteiger partial charge < -0.3 is 10.1 Å². The summed E-state index contributed by atoms with van der Waals surface area (Å²) in [6, 6.07) is 0. The van der Waals surface area contributed by atoms with E-state index in [0.717, 1.165) is 4.68 Å². The second-order valence-electron chi connectivity index (χ2n) is 2.33. The van der Waals surface area contributed by atoms with E-state index in [1.165, 1.54) is 0 Å². The topological polar surface area (TPSA) is 73.8 Å². The fraction of sp³-hybridized carbons (Fsp3) is 0.600. The van der Waals surface area contributed by atoms with Gasteiger partial charge in [-0.15, -0.1) is 9.78 Å². The first kappa shape index (κ1) is 11.5. The molecule has 0 amide bonds. The van der Waals surface area contributed by atoms with Crippen molar-refractivity contribution in [2.75, 3.05) is 0 Å². The van der Waals surface area contributed by atoms with Gasteiger partial charge in [-0.1, -0.05) is 34.8 Å². The summed E-state index contributed by atoms with van der Waals surface area (Å²) in [5.74, 6) is -0.396. The van der Waals surface area contributed by atoms with E-state index in [9.17, 15) is 10.1 Å². The minimum atomic E-state index is -1.93. The number of alkyl halides is 3. The Morgan fingerprint density at radius 2 is 2.14 bits per heavy atom. The molecule has 0 aliphatic carbocycles. The summed E-state index contributed by atoms with van der Waals surface area (Å²) in [5.41, 5.74) is -0.269. The molecule has 0 aliphatic rings. The Balaban J connectivity index is 3.32. The maximum Gasteiger partial charge on any atom is 0.372 e. The molecule has 0 aromatic carbocycles. The highest BCUT2D eigenvalue weighted by atomic mass is 35.6. The van der Waals surface area contributed by atoms with Crippen LogP contribution in [0.3, 0.4) is 0 Å². The van der Waals surface area contributed by atoms with Gasteiger partial charge in [-0.05, 0) is 11.8 Å². The van der Waals surface area contributed by atoms with E-state index >= 15 is 0 Å². The Morgan fingerprint density at radius 3 is 2.50 bits per heavy atom. The van der Waals surface area contributed by atoms with E-state index in [-0.39, 0.29) is 12.2 Å². The van der Waals surface area contributed by atoms with Crippen LogP contribution in [0.25, 0.3) is 0 Å². The number of aryl methyl sites for hydroxylation is 1. The van der Waals surface area contributed by atoms with Crippen LogP contribution in [0.2, 0.25) is 0 Å². The van der Waals surface area contributed by atoms with Crippen LogP contribution in [0.4, 0.5) is 5.82 Å². The predicted molar refractivity (Wildman–Crippen MR) is 51.6 cm³/mol. The third kappa shape index (κ3) is 2.08. The normalized spacial score (nSPS) is 11.7. The first-order valence-electron chi connectivity index (χ1n) is 3.53. The van der Waals surface area contributed by atoms with Crippen molar-refractivity contribution in [1.82, 2.24) is 15.0 Å². The molecular formula is C5H5Cl3N4O2. The summed E-state index contributed by atoms with van der Waals surface area (Å²) in [4.78, 5) is 9.96. The van der Waals surface area contributed by atoms with Crippen molar-refractivity contribution >= 4 is 40.6 Å². The number of hydrogen-bond acceptors (Lipinski definition) is 4. The molecule has 0 saturated heterocycles. The van der Waals surface area contributed by atoms with Crippen LogP contribution in [-0.2, 0) is 10.3 Å². The second kappa shape index (κ2) is 3.88. The van der Waals surface area contributed by atoms with Crippen molar-refractivity contribution in [2.45, 2.75) is 17.3 Å². The lowest BCUT2D eigenvalue weighted by Crippen LogP contribution is -2.08. The van der Waals surface area contributed by atoms with Crippen LogP contribution in [-0.4, -0.2) is 19.9 Å². The Hall–Kier alpha value is -0.590. The maximum atomic E-state index is 10.6. The maximum absolute atomic E-state index is 10.6. The van der Waals surface area contributed by atoms with Crippen molar-refractivity contribution in [3.63, 3.8) is 0 Å². The van der Waals surface area contributed by atoms with E-state index in [0.29, 0.717) is 0 Å². The average Bonchev–Trinajstić information content (AvgIpc) is 2.45. The highest BCUT2D eigenvalue weighted by Gasteiger charge is 2.37. The zero-order valence-electron chi connectivity index (χ0n) is 6.95. The van der Waals surface area contributed by atoms with E-state index in [1.54, 1.807) is 6.92 Å². The molecule has 0 bridgehead atoms. The van der Waals surface area contributed by atoms with Crippen LogP contribution < -0.4 is 0 Å². The first-order chi connectivity index (χ1) is 6.38. The van der Waals surface area contributed by atoms with E-state index in [1.807, 2.05) is 0 Å². The fourth-order valence-corrected chi connectivity index (χ4v) is 1.25. The van der Waals surface area contributed by atoms with Crippen LogP contribution in [0.15, 0.2) is 0 Å². The smallest absolute Gasteiger partial charge is 0.358 e. The van der Waals surface area contributed by atoms with Crippen LogP contribution in [0.1, 0.15) is 12.6 Å². The van der Waals surface area contributed by atoms with E-state index < -0.39 is 14.5 Å². The van der Waals surface area contributed by atoms with Crippen molar-refractivity contribution in [2.24, 2.45) is 0 Å². The Morgan fingerprint density at radius 1 is 1.57 bits per heavy atom. The van der Waals surface area contributed by atoms with Gasteiger partial charge in [0.2, 0.25) is 9.49 Å².